The van der Waals surface area contributed by atoms with Crippen LogP contribution in [0.3, 0.4) is 0 Å². The van der Waals surface area contributed by atoms with Crippen molar-refractivity contribution in [1.29, 1.82) is 0 Å². The Bertz CT molecular complexity index is 612. The van der Waals surface area contributed by atoms with Crippen LogP contribution in [-0.4, -0.2) is 31.9 Å². The van der Waals surface area contributed by atoms with Crippen LogP contribution < -0.4 is 5.32 Å². The van der Waals surface area contributed by atoms with E-state index in [1.165, 1.54) is 24.3 Å². The third kappa shape index (κ3) is 4.36. The van der Waals surface area contributed by atoms with Gasteiger partial charge >= 0.3 is 5.97 Å². The van der Waals surface area contributed by atoms with E-state index in [1.807, 2.05) is 0 Å². The minimum Gasteiger partial charge on any atom is -0.481 e. The summed E-state index contributed by atoms with van der Waals surface area (Å²) < 4.78 is 23.7. The van der Waals surface area contributed by atoms with Gasteiger partial charge in [0, 0.05) is 0 Å². The summed E-state index contributed by atoms with van der Waals surface area (Å²) in [5.74, 6) is -1.19. The van der Waals surface area contributed by atoms with Gasteiger partial charge in [-0.3, -0.25) is 9.59 Å². The third-order valence-electron chi connectivity index (χ3n) is 2.32. The van der Waals surface area contributed by atoms with Crippen LogP contribution in [0.1, 0.15) is 6.42 Å². The van der Waals surface area contributed by atoms with Crippen molar-refractivity contribution in [1.82, 2.24) is 5.32 Å². The summed E-state index contributed by atoms with van der Waals surface area (Å²) >= 11 is 5.75. The van der Waals surface area contributed by atoms with E-state index >= 15 is 0 Å². The van der Waals surface area contributed by atoms with Crippen LogP contribution >= 0.6 is 11.6 Å². The molecule has 0 aliphatic heterocycles. The average Bonchev–Trinajstić information content (AvgIpc) is 2.39. The average molecular weight is 318 g/mol. The molecule has 1 amide bonds. The molecule has 1 atom stereocenters. The van der Waals surface area contributed by atoms with Crippen molar-refractivity contribution in [2.24, 2.45) is 0 Å². The zero-order valence-electron chi connectivity index (χ0n) is 10.2. The predicted octanol–water partition coefficient (Wildman–Crippen LogP) is 1.13. The first-order valence-corrected chi connectivity index (χ1v) is 7.33. The molecule has 1 aromatic rings. The van der Waals surface area contributed by atoms with Gasteiger partial charge in [-0.2, -0.15) is 0 Å². The maximum Gasteiger partial charge on any atom is 0.305 e. The molecular formula is C12H12ClNO5S. The van der Waals surface area contributed by atoms with Crippen LogP contribution in [0.2, 0.25) is 0 Å². The van der Waals surface area contributed by atoms with Gasteiger partial charge in [0.2, 0.25) is 16.2 Å². The fourth-order valence-electron chi connectivity index (χ4n) is 1.40. The molecule has 1 aromatic carbocycles. The van der Waals surface area contributed by atoms with Gasteiger partial charge in [0.15, 0.2) is 0 Å². The van der Waals surface area contributed by atoms with Crippen LogP contribution in [0.15, 0.2) is 45.7 Å². The fraction of sp³-hybridized carbons (Fsp3) is 0.167. The molecule has 2 N–H and O–H groups in total. The minimum atomic E-state index is -3.91. The molecule has 0 fully saturated rings. The van der Waals surface area contributed by atoms with Crippen molar-refractivity contribution in [2.75, 3.05) is 0 Å². The Morgan fingerprint density at radius 1 is 1.35 bits per heavy atom. The van der Waals surface area contributed by atoms with Gasteiger partial charge < -0.3 is 10.4 Å². The number of carboxylic acid groups (broad SMARTS) is 1. The monoisotopic (exact) mass is 317 g/mol. The number of sulfone groups is 1. The predicted molar refractivity (Wildman–Crippen MR) is 72.8 cm³/mol. The van der Waals surface area contributed by atoms with Crippen molar-refractivity contribution in [3.63, 3.8) is 0 Å². The number of hydrogen-bond acceptors (Lipinski definition) is 4. The fourth-order valence-corrected chi connectivity index (χ4v) is 2.90. The Kier molecular flexibility index (Phi) is 5.72. The number of amides is 1. The van der Waals surface area contributed by atoms with Gasteiger partial charge in [-0.05, 0) is 18.2 Å². The van der Waals surface area contributed by atoms with Gasteiger partial charge in [0.25, 0.3) is 0 Å². The first-order valence-electron chi connectivity index (χ1n) is 5.47. The number of rotatable bonds is 7. The van der Waals surface area contributed by atoms with E-state index in [-0.39, 0.29) is 11.3 Å². The summed E-state index contributed by atoms with van der Waals surface area (Å²) in [4.78, 5) is 21.0. The number of carboxylic acids is 1. The molecule has 8 heteroatoms. The second-order valence-electron chi connectivity index (χ2n) is 3.78. The topological polar surface area (TPSA) is 101 Å². The van der Waals surface area contributed by atoms with Crippen LogP contribution in [0.4, 0.5) is 0 Å². The molecule has 0 bridgehead atoms. The second-order valence-corrected chi connectivity index (χ2v) is 6.33. The zero-order chi connectivity index (χ0) is 15.2. The van der Waals surface area contributed by atoms with E-state index in [2.05, 4.69) is 5.32 Å². The molecule has 20 heavy (non-hydrogen) atoms. The highest BCUT2D eigenvalue weighted by Gasteiger charge is 2.21. The Morgan fingerprint density at radius 2 is 1.95 bits per heavy atom. The van der Waals surface area contributed by atoms with Crippen LogP contribution in [0.25, 0.3) is 0 Å². The first kappa shape index (κ1) is 16.2. The molecule has 0 heterocycles. The molecule has 0 aliphatic rings. The quantitative estimate of drug-likeness (QED) is 0.734. The Balaban J connectivity index is 3.07. The Hall–Kier alpha value is -1.86. The molecule has 108 valence electrons. The van der Waals surface area contributed by atoms with Crippen LogP contribution in [0, 0.1) is 0 Å². The number of carbonyl (C=O) groups excluding carboxylic acids is 1. The normalized spacial score (nSPS) is 13.6. The number of hydrogen-bond donors (Lipinski definition) is 2. The lowest BCUT2D eigenvalue weighted by molar-refractivity contribution is -0.137. The smallest absolute Gasteiger partial charge is 0.305 e. The van der Waals surface area contributed by atoms with Crippen molar-refractivity contribution in [2.45, 2.75) is 17.4 Å². The second kappa shape index (κ2) is 7.06. The van der Waals surface area contributed by atoms with Crippen molar-refractivity contribution in [3.05, 3.63) is 40.8 Å². The summed E-state index contributed by atoms with van der Waals surface area (Å²) in [7, 11) is -3.91. The Morgan fingerprint density at radius 3 is 2.45 bits per heavy atom. The van der Waals surface area contributed by atoms with Gasteiger partial charge in [0.1, 0.15) is 4.36 Å². The molecule has 0 radical (unpaired) electrons. The van der Waals surface area contributed by atoms with E-state index < -0.39 is 32.6 Å². The molecule has 0 saturated carbocycles. The van der Waals surface area contributed by atoms with E-state index in [0.29, 0.717) is 0 Å². The van der Waals surface area contributed by atoms with Gasteiger partial charge in [-0.25, -0.2) is 8.42 Å². The number of carbonyl (C=O) groups is 2. The summed E-state index contributed by atoms with van der Waals surface area (Å²) in [6.45, 7) is 0. The zero-order valence-corrected chi connectivity index (χ0v) is 11.8. The van der Waals surface area contributed by atoms with Crippen molar-refractivity contribution < 1.29 is 23.1 Å². The van der Waals surface area contributed by atoms with E-state index in [1.54, 1.807) is 6.07 Å². The number of benzene rings is 1. The highest BCUT2D eigenvalue weighted by molar-refractivity contribution is 7.96. The minimum absolute atomic E-state index is 0.0126. The largest absolute Gasteiger partial charge is 0.481 e. The van der Waals surface area contributed by atoms with E-state index in [0.717, 1.165) is 6.08 Å². The standard InChI is InChI=1S/C12H12ClNO5S/c13-11(6-9(14-8-15)7-12(16)17)20(18,19)10-4-2-1-3-5-10/h1-6,8-9H,7H2,(H,14,15)(H,16,17)/b11-6+/t9-/m1/s1. The van der Waals surface area contributed by atoms with Gasteiger partial charge in [0.05, 0.1) is 17.4 Å². The van der Waals surface area contributed by atoms with Crippen LogP contribution in [-0.2, 0) is 19.4 Å². The third-order valence-corrected chi connectivity index (χ3v) is 4.60. The lowest BCUT2D eigenvalue weighted by Crippen LogP contribution is -2.29. The molecule has 1 rings (SSSR count). The van der Waals surface area contributed by atoms with Crippen molar-refractivity contribution >= 4 is 33.8 Å². The molecule has 0 unspecified atom stereocenters. The Labute approximate surface area is 121 Å². The summed E-state index contributed by atoms with van der Waals surface area (Å²) in [6, 6.07) is 6.45. The number of aliphatic carboxylic acids is 1. The maximum atomic E-state index is 12.1. The van der Waals surface area contributed by atoms with E-state index in [9.17, 15) is 18.0 Å². The van der Waals surface area contributed by atoms with Crippen molar-refractivity contribution in [3.8, 4) is 0 Å². The number of nitrogens with one attached hydrogen (secondary N) is 1. The molecule has 0 saturated heterocycles. The lowest BCUT2D eigenvalue weighted by atomic mass is 10.2. The maximum absolute atomic E-state index is 12.1. The first-order chi connectivity index (χ1) is 9.37. The van der Waals surface area contributed by atoms with Gasteiger partial charge in [-0.15, -0.1) is 0 Å². The van der Waals surface area contributed by atoms with E-state index in [4.69, 9.17) is 16.7 Å². The SMILES string of the molecule is O=CN[C@H](/C=C(\Cl)S(=O)(=O)c1ccccc1)CC(=O)O. The number of halogens is 1. The molecule has 6 nitrogen and oxygen atoms in total. The lowest BCUT2D eigenvalue weighted by Gasteiger charge is -2.10. The summed E-state index contributed by atoms with van der Waals surface area (Å²) in [5, 5.41) is 10.8. The molecule has 0 aliphatic carbocycles. The molecular weight excluding hydrogens is 306 g/mol. The summed E-state index contributed by atoms with van der Waals surface area (Å²) in [5.41, 5.74) is 0. The highest BCUT2D eigenvalue weighted by atomic mass is 35.5. The molecule has 0 aromatic heterocycles. The van der Waals surface area contributed by atoms with Crippen LogP contribution in [0.5, 0.6) is 0 Å². The van der Waals surface area contributed by atoms with Gasteiger partial charge in [-0.1, -0.05) is 29.8 Å². The highest BCUT2D eigenvalue weighted by Crippen LogP contribution is 2.22. The molecule has 0 spiro atoms. The summed E-state index contributed by atoms with van der Waals surface area (Å²) in [6.07, 6.45) is 0.801.